The Hall–Kier alpha value is -3.17. The smallest absolute Gasteiger partial charge is 0.303 e. The van der Waals surface area contributed by atoms with Gasteiger partial charge in [-0.05, 0) is 23.3 Å². The minimum atomic E-state index is -0.857. The Morgan fingerprint density at radius 1 is 0.711 bits per heavy atom. The summed E-state index contributed by atoms with van der Waals surface area (Å²) >= 11 is 1.48. The van der Waals surface area contributed by atoms with Gasteiger partial charge in [-0.25, -0.2) is 0 Å². The number of hydrogen-bond donors (Lipinski definition) is 0. The molecule has 3 aromatic carbocycles. The molecule has 38 heavy (non-hydrogen) atoms. The van der Waals surface area contributed by atoms with Crippen LogP contribution in [0, 0.1) is 0 Å². The van der Waals surface area contributed by atoms with E-state index in [4.69, 9.17) is 23.7 Å². The van der Waals surface area contributed by atoms with E-state index in [9.17, 15) is 9.59 Å². The van der Waals surface area contributed by atoms with Gasteiger partial charge in [0.25, 0.3) is 0 Å². The summed E-state index contributed by atoms with van der Waals surface area (Å²) in [5, 5.41) is 0. The lowest BCUT2D eigenvalue weighted by Crippen LogP contribution is -2.60. The fraction of sp³-hybridized carbons (Fsp3) is 0.333. The zero-order valence-corrected chi connectivity index (χ0v) is 22.3. The Morgan fingerprint density at radius 2 is 1.24 bits per heavy atom. The number of rotatable bonds is 11. The number of carbonyl (C=O) groups is 2. The van der Waals surface area contributed by atoms with Crippen molar-refractivity contribution in [3.63, 3.8) is 0 Å². The third-order valence-corrected chi connectivity index (χ3v) is 7.07. The van der Waals surface area contributed by atoms with Crippen LogP contribution in [0.3, 0.4) is 0 Å². The minimum absolute atomic E-state index is 0.0876. The summed E-state index contributed by atoms with van der Waals surface area (Å²) in [7, 11) is 0. The molecule has 3 aromatic rings. The van der Waals surface area contributed by atoms with Crippen molar-refractivity contribution in [2.45, 2.75) is 61.8 Å². The van der Waals surface area contributed by atoms with E-state index in [1.807, 2.05) is 91.0 Å². The predicted octanol–water partition coefficient (Wildman–Crippen LogP) is 5.17. The molecule has 5 atom stereocenters. The molecular weight excluding hydrogens is 504 g/mol. The number of thioether (sulfide) groups is 1. The van der Waals surface area contributed by atoms with Crippen LogP contribution in [0.15, 0.2) is 95.9 Å². The van der Waals surface area contributed by atoms with Gasteiger partial charge in [-0.3, -0.25) is 9.59 Å². The Balaban J connectivity index is 1.67. The predicted molar refractivity (Wildman–Crippen MR) is 143 cm³/mol. The fourth-order valence-corrected chi connectivity index (χ4v) is 5.32. The standard InChI is InChI=1S/C30H32O7S/c1-21(31)33-20-26-27(36-22(2)32)28(34-18-23-12-6-3-7-13-23)29(35-19-24-14-8-4-9-15-24)30(37-26)38-25-16-10-5-11-17-25/h3-17,26-30H,18-20H2,1-2H3/t26-,27-,28+,29+,30-/m0/s1. The van der Waals surface area contributed by atoms with Gasteiger partial charge in [-0.15, -0.1) is 0 Å². The molecule has 1 aliphatic heterocycles. The van der Waals surface area contributed by atoms with E-state index < -0.39 is 41.8 Å². The van der Waals surface area contributed by atoms with Crippen LogP contribution >= 0.6 is 11.8 Å². The molecule has 4 rings (SSSR count). The molecule has 1 saturated heterocycles. The van der Waals surface area contributed by atoms with Crippen LogP contribution in [0.5, 0.6) is 0 Å². The number of hydrogen-bond acceptors (Lipinski definition) is 8. The maximum Gasteiger partial charge on any atom is 0.303 e. The van der Waals surface area contributed by atoms with Crippen LogP contribution in [-0.2, 0) is 46.5 Å². The minimum Gasteiger partial charge on any atom is -0.463 e. The molecule has 0 aliphatic carbocycles. The molecule has 1 fully saturated rings. The normalized spacial score (nSPS) is 22.9. The Kier molecular flexibility index (Phi) is 10.3. The first kappa shape index (κ1) is 27.9. The van der Waals surface area contributed by atoms with Gasteiger partial charge in [0.15, 0.2) is 6.10 Å². The van der Waals surface area contributed by atoms with Crippen molar-refractivity contribution in [1.29, 1.82) is 0 Å². The molecular formula is C30H32O7S. The highest BCUT2D eigenvalue weighted by Crippen LogP contribution is 2.38. The van der Waals surface area contributed by atoms with Gasteiger partial charge in [-0.1, -0.05) is 90.6 Å². The lowest BCUT2D eigenvalue weighted by atomic mass is 9.99. The topological polar surface area (TPSA) is 80.3 Å². The zero-order valence-electron chi connectivity index (χ0n) is 21.4. The van der Waals surface area contributed by atoms with E-state index in [1.54, 1.807) is 0 Å². The highest BCUT2D eigenvalue weighted by molar-refractivity contribution is 7.99. The van der Waals surface area contributed by atoms with Gasteiger partial charge >= 0.3 is 11.9 Å². The molecule has 0 radical (unpaired) electrons. The van der Waals surface area contributed by atoms with Crippen LogP contribution < -0.4 is 0 Å². The SMILES string of the molecule is CC(=O)OC[C@@H]1O[C@@H](Sc2ccccc2)[C@H](OCc2ccccc2)[C@H](OCc2ccccc2)[C@H]1OC(C)=O. The molecule has 1 heterocycles. The third kappa shape index (κ3) is 8.16. The average Bonchev–Trinajstić information content (AvgIpc) is 2.92. The number of esters is 2. The van der Waals surface area contributed by atoms with Crippen LogP contribution in [0.25, 0.3) is 0 Å². The highest BCUT2D eigenvalue weighted by Gasteiger charge is 2.50. The Bertz CT molecular complexity index is 1140. The summed E-state index contributed by atoms with van der Waals surface area (Å²) in [5.41, 5.74) is 1.42. The molecule has 0 unspecified atom stereocenters. The van der Waals surface area contributed by atoms with E-state index in [1.165, 1.54) is 25.6 Å². The van der Waals surface area contributed by atoms with Crippen LogP contribution in [-0.4, -0.2) is 48.4 Å². The Morgan fingerprint density at radius 3 is 1.76 bits per heavy atom. The molecule has 0 amide bonds. The summed E-state index contributed by atoms with van der Waals surface area (Å²) in [4.78, 5) is 24.8. The summed E-state index contributed by atoms with van der Waals surface area (Å²) in [6, 6.07) is 29.4. The Labute approximate surface area is 227 Å². The zero-order chi connectivity index (χ0) is 26.7. The first-order valence-corrected chi connectivity index (χ1v) is 13.4. The van der Waals surface area contributed by atoms with Crippen LogP contribution in [0.4, 0.5) is 0 Å². The van der Waals surface area contributed by atoms with E-state index in [0.717, 1.165) is 16.0 Å². The number of benzene rings is 3. The monoisotopic (exact) mass is 536 g/mol. The molecule has 0 spiro atoms. The van der Waals surface area contributed by atoms with Crippen molar-refractivity contribution >= 4 is 23.7 Å². The summed E-state index contributed by atoms with van der Waals surface area (Å²) < 4.78 is 30.4. The number of carbonyl (C=O) groups excluding carboxylic acids is 2. The van der Waals surface area contributed by atoms with Crippen LogP contribution in [0.2, 0.25) is 0 Å². The largest absolute Gasteiger partial charge is 0.463 e. The molecule has 1 aliphatic rings. The van der Waals surface area contributed by atoms with E-state index >= 15 is 0 Å². The van der Waals surface area contributed by atoms with Gasteiger partial charge in [0.05, 0.1) is 13.2 Å². The molecule has 7 nitrogen and oxygen atoms in total. The highest BCUT2D eigenvalue weighted by atomic mass is 32.2. The van der Waals surface area contributed by atoms with Crippen molar-refractivity contribution in [2.24, 2.45) is 0 Å². The summed E-state index contributed by atoms with van der Waals surface area (Å²) in [6.45, 7) is 3.16. The van der Waals surface area contributed by atoms with Gasteiger partial charge in [0.2, 0.25) is 0 Å². The van der Waals surface area contributed by atoms with E-state index in [0.29, 0.717) is 6.61 Å². The third-order valence-electron chi connectivity index (χ3n) is 5.91. The van der Waals surface area contributed by atoms with E-state index in [-0.39, 0.29) is 13.2 Å². The first-order valence-electron chi connectivity index (χ1n) is 12.5. The summed E-state index contributed by atoms with van der Waals surface area (Å²) in [6.07, 6.45) is -2.91. The molecule has 0 saturated carbocycles. The molecule has 0 N–H and O–H groups in total. The first-order chi connectivity index (χ1) is 18.5. The lowest BCUT2D eigenvalue weighted by Gasteiger charge is -2.45. The lowest BCUT2D eigenvalue weighted by molar-refractivity contribution is -0.246. The molecule has 0 bridgehead atoms. The maximum atomic E-state index is 12.2. The molecule has 8 heteroatoms. The van der Waals surface area contributed by atoms with Crippen molar-refractivity contribution in [3.8, 4) is 0 Å². The number of ether oxygens (including phenoxy) is 5. The van der Waals surface area contributed by atoms with Gasteiger partial charge in [0, 0.05) is 18.7 Å². The maximum absolute atomic E-state index is 12.2. The van der Waals surface area contributed by atoms with E-state index in [2.05, 4.69) is 0 Å². The fourth-order valence-electron chi connectivity index (χ4n) is 4.17. The van der Waals surface area contributed by atoms with Crippen molar-refractivity contribution in [2.75, 3.05) is 6.61 Å². The van der Waals surface area contributed by atoms with Crippen molar-refractivity contribution in [1.82, 2.24) is 0 Å². The average molecular weight is 537 g/mol. The molecule has 200 valence electrons. The quantitative estimate of drug-likeness (QED) is 0.311. The second kappa shape index (κ2) is 14.1. The van der Waals surface area contributed by atoms with Gasteiger partial charge in [0.1, 0.15) is 30.4 Å². The second-order valence-electron chi connectivity index (χ2n) is 8.87. The van der Waals surface area contributed by atoms with Crippen LogP contribution in [0.1, 0.15) is 25.0 Å². The van der Waals surface area contributed by atoms with Crippen molar-refractivity contribution in [3.05, 3.63) is 102 Å². The molecule has 0 aromatic heterocycles. The summed E-state index contributed by atoms with van der Waals surface area (Å²) in [5.74, 6) is -0.942. The van der Waals surface area contributed by atoms with Gasteiger partial charge in [-0.2, -0.15) is 0 Å². The van der Waals surface area contributed by atoms with Gasteiger partial charge < -0.3 is 23.7 Å². The van der Waals surface area contributed by atoms with Crippen molar-refractivity contribution < 1.29 is 33.3 Å². The second-order valence-corrected chi connectivity index (χ2v) is 10.0.